The molecule has 1 fully saturated rings. The summed E-state index contributed by atoms with van der Waals surface area (Å²) in [5, 5.41) is 41.2. The number of aliphatic hydroxyl groups excluding tert-OH is 4. The number of hydrogen-bond donors (Lipinski definition) is 5. The van der Waals surface area contributed by atoms with Crippen LogP contribution in [0.25, 0.3) is 0 Å². The van der Waals surface area contributed by atoms with Gasteiger partial charge in [-0.05, 0) is 25.7 Å². The van der Waals surface area contributed by atoms with Crippen molar-refractivity contribution in [2.24, 2.45) is 0 Å². The van der Waals surface area contributed by atoms with Crippen molar-refractivity contribution < 1.29 is 30.0 Å². The quantitative estimate of drug-likeness (QED) is 0.174. The summed E-state index contributed by atoms with van der Waals surface area (Å²) in [6.45, 7) is 1.71. The summed E-state index contributed by atoms with van der Waals surface area (Å²) in [4.78, 5) is 12.1. The van der Waals surface area contributed by atoms with Gasteiger partial charge in [0, 0.05) is 6.42 Å². The van der Waals surface area contributed by atoms with Gasteiger partial charge in [-0.2, -0.15) is 0 Å². The molecule has 1 heterocycles. The Labute approximate surface area is 187 Å². The van der Waals surface area contributed by atoms with E-state index < -0.39 is 37.3 Å². The van der Waals surface area contributed by atoms with E-state index in [-0.39, 0.29) is 5.91 Å². The number of hydrogen-bond acceptors (Lipinski definition) is 6. The summed E-state index contributed by atoms with van der Waals surface area (Å²) in [6.07, 6.45) is 13.9. The number of rotatable bonds is 17. The van der Waals surface area contributed by atoms with Crippen LogP contribution in [-0.2, 0) is 9.53 Å². The van der Waals surface area contributed by atoms with Gasteiger partial charge < -0.3 is 30.5 Å². The van der Waals surface area contributed by atoms with Gasteiger partial charge in [-0.25, -0.2) is 0 Å². The minimum atomic E-state index is -1.47. The molecule has 3 unspecified atom stereocenters. The molecule has 0 aromatic carbocycles. The Balaban J connectivity index is 1.97. The number of nitrogens with one attached hydrogen (secondary N) is 1. The third-order valence-corrected chi connectivity index (χ3v) is 5.86. The van der Waals surface area contributed by atoms with Crippen molar-refractivity contribution in [2.75, 3.05) is 6.61 Å². The highest BCUT2D eigenvalue weighted by molar-refractivity contribution is 5.76. The standard InChI is InChI=1S/C24H45NO6/c1-2-3-4-5-6-7-8-9-10-11-12-13-14-15-16-17-20(27)25-24-23(30)22(29)21(28)19(18-26)31-24/h5-6,19,21-24,26,28-30H,2-4,7-18H2,1H3,(H,25,27)/b6-5-/t19?,21-,22?,23?,24-/m1/s1. The molecule has 7 nitrogen and oxygen atoms in total. The van der Waals surface area contributed by atoms with Crippen molar-refractivity contribution in [3.8, 4) is 0 Å². The van der Waals surface area contributed by atoms with Crippen LogP contribution in [0.3, 0.4) is 0 Å². The average molecular weight is 444 g/mol. The minimum Gasteiger partial charge on any atom is -0.394 e. The van der Waals surface area contributed by atoms with Crippen LogP contribution < -0.4 is 5.32 Å². The number of ether oxygens (including phenoxy) is 1. The first-order valence-electron chi connectivity index (χ1n) is 12.3. The maximum absolute atomic E-state index is 12.1. The van der Waals surface area contributed by atoms with Crippen molar-refractivity contribution in [3.63, 3.8) is 0 Å². The third kappa shape index (κ3) is 12.0. The first kappa shape index (κ1) is 28.0. The van der Waals surface area contributed by atoms with E-state index in [4.69, 9.17) is 4.74 Å². The second-order valence-electron chi connectivity index (χ2n) is 8.65. The smallest absolute Gasteiger partial charge is 0.222 e. The molecule has 31 heavy (non-hydrogen) atoms. The van der Waals surface area contributed by atoms with E-state index in [9.17, 15) is 25.2 Å². The lowest BCUT2D eigenvalue weighted by molar-refractivity contribution is -0.236. The molecule has 0 bridgehead atoms. The molecule has 1 saturated heterocycles. The molecule has 1 aliphatic rings. The molecular weight excluding hydrogens is 398 g/mol. The van der Waals surface area contributed by atoms with Gasteiger partial charge >= 0.3 is 0 Å². The molecule has 5 N–H and O–H groups in total. The average Bonchev–Trinajstić information content (AvgIpc) is 2.76. The lowest BCUT2D eigenvalue weighted by Gasteiger charge is -2.40. The van der Waals surface area contributed by atoms with Crippen LogP contribution in [0.5, 0.6) is 0 Å². The molecular formula is C24H45NO6. The molecule has 0 aliphatic carbocycles. The topological polar surface area (TPSA) is 119 Å². The van der Waals surface area contributed by atoms with Crippen molar-refractivity contribution in [3.05, 3.63) is 12.2 Å². The minimum absolute atomic E-state index is 0.270. The van der Waals surface area contributed by atoms with Crippen LogP contribution in [-0.4, -0.2) is 63.6 Å². The molecule has 7 heteroatoms. The fourth-order valence-electron chi connectivity index (χ4n) is 3.79. The monoisotopic (exact) mass is 443 g/mol. The number of allylic oxidation sites excluding steroid dienone is 2. The first-order valence-corrected chi connectivity index (χ1v) is 12.3. The van der Waals surface area contributed by atoms with E-state index in [1.807, 2.05) is 0 Å². The van der Waals surface area contributed by atoms with Gasteiger partial charge in [0.2, 0.25) is 5.91 Å². The van der Waals surface area contributed by atoms with Gasteiger partial charge in [-0.1, -0.05) is 76.9 Å². The predicted octanol–water partition coefficient (Wildman–Crippen LogP) is 2.94. The maximum atomic E-state index is 12.1. The third-order valence-electron chi connectivity index (χ3n) is 5.86. The van der Waals surface area contributed by atoms with Gasteiger partial charge in [0.1, 0.15) is 24.4 Å². The summed E-state index contributed by atoms with van der Waals surface area (Å²) < 4.78 is 5.28. The predicted molar refractivity (Wildman–Crippen MR) is 121 cm³/mol. The van der Waals surface area contributed by atoms with E-state index >= 15 is 0 Å². The Hall–Kier alpha value is -0.990. The summed E-state index contributed by atoms with van der Waals surface area (Å²) in [7, 11) is 0. The summed E-state index contributed by atoms with van der Waals surface area (Å²) in [5.74, 6) is -0.270. The molecule has 0 spiro atoms. The van der Waals surface area contributed by atoms with E-state index in [1.54, 1.807) is 0 Å². The molecule has 182 valence electrons. The van der Waals surface area contributed by atoms with Gasteiger partial charge in [0.05, 0.1) is 6.61 Å². The normalized spacial score (nSPS) is 26.4. The van der Waals surface area contributed by atoms with Crippen molar-refractivity contribution in [1.29, 1.82) is 0 Å². The van der Waals surface area contributed by atoms with Crippen LogP contribution >= 0.6 is 0 Å². The van der Waals surface area contributed by atoms with Crippen molar-refractivity contribution >= 4 is 5.91 Å². The molecule has 0 aromatic heterocycles. The Morgan fingerprint density at radius 3 is 1.94 bits per heavy atom. The molecule has 1 aliphatic heterocycles. The SMILES string of the molecule is CCCC/C=C\CCCCCCCCCCCC(=O)N[C@@H]1OC(CO)[C@@H](O)C(O)C1O. The van der Waals surface area contributed by atoms with Crippen LogP contribution in [0.1, 0.15) is 96.8 Å². The van der Waals surface area contributed by atoms with E-state index in [0.29, 0.717) is 6.42 Å². The van der Waals surface area contributed by atoms with Crippen LogP contribution in [0.15, 0.2) is 12.2 Å². The zero-order chi connectivity index (χ0) is 22.9. The Morgan fingerprint density at radius 2 is 1.35 bits per heavy atom. The van der Waals surface area contributed by atoms with Crippen LogP contribution in [0.2, 0.25) is 0 Å². The number of unbranched alkanes of at least 4 members (excludes halogenated alkanes) is 11. The largest absolute Gasteiger partial charge is 0.394 e. The fraction of sp³-hybridized carbons (Fsp3) is 0.875. The van der Waals surface area contributed by atoms with Crippen LogP contribution in [0.4, 0.5) is 0 Å². The molecule has 5 atom stereocenters. The summed E-state index contributed by atoms with van der Waals surface area (Å²) in [5.41, 5.74) is 0. The lowest BCUT2D eigenvalue weighted by atomic mass is 9.98. The second-order valence-corrected chi connectivity index (χ2v) is 8.65. The summed E-state index contributed by atoms with van der Waals surface area (Å²) >= 11 is 0. The number of carbonyl (C=O) groups is 1. The number of aliphatic hydroxyl groups is 4. The zero-order valence-corrected chi connectivity index (χ0v) is 19.3. The van der Waals surface area contributed by atoms with Gasteiger partial charge in [-0.15, -0.1) is 0 Å². The van der Waals surface area contributed by atoms with Gasteiger partial charge in [0.25, 0.3) is 0 Å². The van der Waals surface area contributed by atoms with Crippen molar-refractivity contribution in [1.82, 2.24) is 5.32 Å². The second kappa shape index (κ2) is 17.6. The lowest BCUT2D eigenvalue weighted by Crippen LogP contribution is -2.63. The Bertz CT molecular complexity index is 485. The highest BCUT2D eigenvalue weighted by atomic mass is 16.6. The van der Waals surface area contributed by atoms with Gasteiger partial charge in [0.15, 0.2) is 6.23 Å². The highest BCUT2D eigenvalue weighted by Gasteiger charge is 2.43. The summed E-state index contributed by atoms with van der Waals surface area (Å²) in [6, 6.07) is 0. The Morgan fingerprint density at radius 1 is 0.806 bits per heavy atom. The van der Waals surface area contributed by atoms with E-state index in [1.165, 1.54) is 64.2 Å². The highest BCUT2D eigenvalue weighted by Crippen LogP contribution is 2.20. The molecule has 1 rings (SSSR count). The van der Waals surface area contributed by atoms with E-state index in [2.05, 4.69) is 24.4 Å². The van der Waals surface area contributed by atoms with Gasteiger partial charge in [-0.3, -0.25) is 4.79 Å². The fourth-order valence-corrected chi connectivity index (χ4v) is 3.79. The molecule has 0 radical (unpaired) electrons. The number of carbonyl (C=O) groups excluding carboxylic acids is 1. The zero-order valence-electron chi connectivity index (χ0n) is 19.3. The molecule has 0 aromatic rings. The number of amides is 1. The molecule has 0 saturated carbocycles. The molecule has 1 amide bonds. The van der Waals surface area contributed by atoms with E-state index in [0.717, 1.165) is 19.3 Å². The van der Waals surface area contributed by atoms with Crippen molar-refractivity contribution in [2.45, 2.75) is 127 Å². The Kier molecular flexibility index (Phi) is 15.9. The first-order chi connectivity index (χ1) is 15.0. The van der Waals surface area contributed by atoms with Crippen LogP contribution in [0, 0.1) is 0 Å². The maximum Gasteiger partial charge on any atom is 0.222 e.